The van der Waals surface area contributed by atoms with Gasteiger partial charge in [-0.15, -0.1) is 0 Å². The average Bonchev–Trinajstić information content (AvgIpc) is 3.08. The number of anilines is 3. The number of para-hydroxylation sites is 2. The standard InChI is InChI=1S/C42H29N/c1-3-14-34(15-4-1)43(35-16-5-2-6-17-35)42-29-33-26-24-30(27-41(33)39-21-11-12-22-40(39)42)23-25-32-28-31-13-7-8-18-36(31)38-20-10-9-19-37(32)38/h1-29H. The zero-order valence-corrected chi connectivity index (χ0v) is 23.7. The smallest absolute Gasteiger partial charge is 0.0546 e. The first-order valence-electron chi connectivity index (χ1n) is 14.8. The molecule has 0 radical (unpaired) electrons. The van der Waals surface area contributed by atoms with Crippen LogP contribution in [0.15, 0.2) is 164 Å². The Kier molecular flexibility index (Phi) is 6.20. The maximum atomic E-state index is 2.36. The van der Waals surface area contributed by atoms with E-state index in [2.05, 4.69) is 181 Å². The summed E-state index contributed by atoms with van der Waals surface area (Å²) in [7, 11) is 0. The van der Waals surface area contributed by atoms with Gasteiger partial charge in [0, 0.05) is 16.8 Å². The van der Waals surface area contributed by atoms with Gasteiger partial charge < -0.3 is 4.90 Å². The molecular weight excluding hydrogens is 518 g/mol. The van der Waals surface area contributed by atoms with E-state index in [1.165, 1.54) is 59.9 Å². The van der Waals surface area contributed by atoms with Crippen molar-refractivity contribution in [2.75, 3.05) is 4.90 Å². The van der Waals surface area contributed by atoms with Crippen LogP contribution >= 0.6 is 0 Å². The number of hydrogen-bond acceptors (Lipinski definition) is 1. The highest BCUT2D eigenvalue weighted by Crippen LogP contribution is 2.42. The largest absolute Gasteiger partial charge is 0.310 e. The molecule has 0 amide bonds. The lowest BCUT2D eigenvalue weighted by Crippen LogP contribution is -2.10. The first-order valence-corrected chi connectivity index (χ1v) is 14.8. The fourth-order valence-electron chi connectivity index (χ4n) is 6.38. The zero-order valence-electron chi connectivity index (χ0n) is 23.7. The minimum absolute atomic E-state index is 1.14. The van der Waals surface area contributed by atoms with E-state index in [-0.39, 0.29) is 0 Å². The molecular formula is C42H29N. The van der Waals surface area contributed by atoms with Crippen LogP contribution in [0.25, 0.3) is 55.2 Å². The monoisotopic (exact) mass is 547 g/mol. The SMILES string of the molecule is C(=Cc1cc2ccccc2c2ccccc12)c1ccc2cc(N(c3ccccc3)c3ccccc3)c3ccccc3c2c1. The van der Waals surface area contributed by atoms with E-state index in [9.17, 15) is 0 Å². The van der Waals surface area contributed by atoms with E-state index in [1.807, 2.05) is 0 Å². The summed E-state index contributed by atoms with van der Waals surface area (Å²) >= 11 is 0. The molecule has 202 valence electrons. The second kappa shape index (κ2) is 10.6. The summed E-state index contributed by atoms with van der Waals surface area (Å²) in [6.07, 6.45) is 4.51. The molecule has 1 nitrogen and oxygen atoms in total. The van der Waals surface area contributed by atoms with E-state index in [0.29, 0.717) is 0 Å². The maximum Gasteiger partial charge on any atom is 0.0546 e. The van der Waals surface area contributed by atoms with Crippen molar-refractivity contribution in [1.82, 2.24) is 0 Å². The molecule has 0 aromatic heterocycles. The van der Waals surface area contributed by atoms with Crippen LogP contribution < -0.4 is 4.90 Å². The molecule has 0 spiro atoms. The van der Waals surface area contributed by atoms with Crippen LogP contribution in [0.1, 0.15) is 11.1 Å². The van der Waals surface area contributed by atoms with Gasteiger partial charge in [0.2, 0.25) is 0 Å². The van der Waals surface area contributed by atoms with E-state index in [1.54, 1.807) is 0 Å². The van der Waals surface area contributed by atoms with Crippen LogP contribution in [-0.2, 0) is 0 Å². The van der Waals surface area contributed by atoms with Gasteiger partial charge in [0.25, 0.3) is 0 Å². The van der Waals surface area contributed by atoms with Crippen molar-refractivity contribution in [3.05, 3.63) is 175 Å². The van der Waals surface area contributed by atoms with Gasteiger partial charge in [0.15, 0.2) is 0 Å². The van der Waals surface area contributed by atoms with Crippen molar-refractivity contribution in [3.8, 4) is 0 Å². The van der Waals surface area contributed by atoms with Crippen molar-refractivity contribution in [2.24, 2.45) is 0 Å². The lowest BCUT2D eigenvalue weighted by molar-refractivity contribution is 1.30. The molecule has 0 saturated heterocycles. The highest BCUT2D eigenvalue weighted by atomic mass is 15.1. The molecule has 0 saturated carbocycles. The minimum atomic E-state index is 1.14. The van der Waals surface area contributed by atoms with Crippen LogP contribution in [0.5, 0.6) is 0 Å². The van der Waals surface area contributed by atoms with E-state index in [4.69, 9.17) is 0 Å². The van der Waals surface area contributed by atoms with Crippen LogP contribution in [0.4, 0.5) is 17.1 Å². The van der Waals surface area contributed by atoms with Gasteiger partial charge in [-0.1, -0.05) is 133 Å². The number of fused-ring (bicyclic) bond motifs is 6. The minimum Gasteiger partial charge on any atom is -0.310 e. The molecule has 1 heteroatoms. The molecule has 43 heavy (non-hydrogen) atoms. The number of benzene rings is 8. The van der Waals surface area contributed by atoms with Gasteiger partial charge in [-0.2, -0.15) is 0 Å². The Hall–Kier alpha value is -5.66. The van der Waals surface area contributed by atoms with Crippen molar-refractivity contribution in [3.63, 3.8) is 0 Å². The van der Waals surface area contributed by atoms with Crippen LogP contribution in [0.2, 0.25) is 0 Å². The lowest BCUT2D eigenvalue weighted by atomic mass is 9.95. The van der Waals surface area contributed by atoms with E-state index < -0.39 is 0 Å². The number of rotatable bonds is 5. The lowest BCUT2D eigenvalue weighted by Gasteiger charge is -2.27. The molecule has 0 fully saturated rings. The van der Waals surface area contributed by atoms with Crippen LogP contribution in [0, 0.1) is 0 Å². The maximum absolute atomic E-state index is 2.36. The third kappa shape index (κ3) is 4.52. The Labute approximate surface area is 251 Å². The molecule has 0 N–H and O–H groups in total. The van der Waals surface area contributed by atoms with Crippen LogP contribution in [-0.4, -0.2) is 0 Å². The number of nitrogens with zero attached hydrogens (tertiary/aromatic N) is 1. The fourth-order valence-corrected chi connectivity index (χ4v) is 6.38. The molecule has 0 aliphatic heterocycles. The Morgan fingerprint density at radius 1 is 0.349 bits per heavy atom. The van der Waals surface area contributed by atoms with Gasteiger partial charge in [-0.05, 0) is 91.3 Å². The highest BCUT2D eigenvalue weighted by Gasteiger charge is 2.17. The van der Waals surface area contributed by atoms with Crippen molar-refractivity contribution in [2.45, 2.75) is 0 Å². The fraction of sp³-hybridized carbons (Fsp3) is 0. The molecule has 0 atom stereocenters. The molecule has 8 aromatic carbocycles. The summed E-state index contributed by atoms with van der Waals surface area (Å²) in [6, 6.07) is 58.9. The van der Waals surface area contributed by atoms with Gasteiger partial charge in [-0.3, -0.25) is 0 Å². The Morgan fingerprint density at radius 3 is 1.58 bits per heavy atom. The topological polar surface area (TPSA) is 3.24 Å². The molecule has 0 aliphatic rings. The summed E-state index contributed by atoms with van der Waals surface area (Å²) < 4.78 is 0. The van der Waals surface area contributed by atoms with Gasteiger partial charge in [-0.25, -0.2) is 0 Å². The second-order valence-electron chi connectivity index (χ2n) is 11.0. The summed E-state index contributed by atoms with van der Waals surface area (Å²) in [5.41, 5.74) is 5.87. The summed E-state index contributed by atoms with van der Waals surface area (Å²) in [5.74, 6) is 0. The zero-order chi connectivity index (χ0) is 28.6. The van der Waals surface area contributed by atoms with Crippen molar-refractivity contribution < 1.29 is 0 Å². The first-order chi connectivity index (χ1) is 21.3. The highest BCUT2D eigenvalue weighted by molar-refractivity contribution is 6.15. The molecule has 8 aromatic rings. The molecule has 0 heterocycles. The van der Waals surface area contributed by atoms with Gasteiger partial charge >= 0.3 is 0 Å². The average molecular weight is 548 g/mol. The molecule has 0 unspecified atom stereocenters. The summed E-state index contributed by atoms with van der Waals surface area (Å²) in [6.45, 7) is 0. The number of hydrogen-bond donors (Lipinski definition) is 0. The molecule has 0 aliphatic carbocycles. The Bertz CT molecular complexity index is 2240. The van der Waals surface area contributed by atoms with E-state index in [0.717, 1.165) is 11.4 Å². The normalized spacial score (nSPS) is 11.6. The van der Waals surface area contributed by atoms with Gasteiger partial charge in [0.1, 0.15) is 0 Å². The van der Waals surface area contributed by atoms with Gasteiger partial charge in [0.05, 0.1) is 5.69 Å². The van der Waals surface area contributed by atoms with Crippen LogP contribution in [0.3, 0.4) is 0 Å². The predicted molar refractivity (Wildman–Crippen MR) is 187 cm³/mol. The van der Waals surface area contributed by atoms with Crippen molar-refractivity contribution >= 4 is 72.3 Å². The summed E-state index contributed by atoms with van der Waals surface area (Å²) in [4.78, 5) is 2.36. The third-order valence-electron chi connectivity index (χ3n) is 8.39. The Balaban J connectivity index is 1.28. The summed E-state index contributed by atoms with van der Waals surface area (Å²) in [5, 5.41) is 10.1. The second-order valence-corrected chi connectivity index (χ2v) is 11.0. The third-order valence-corrected chi connectivity index (χ3v) is 8.39. The predicted octanol–water partition coefficient (Wildman–Crippen LogP) is 11.9. The molecule has 8 rings (SSSR count). The molecule has 0 bridgehead atoms. The van der Waals surface area contributed by atoms with Crippen molar-refractivity contribution in [1.29, 1.82) is 0 Å². The van der Waals surface area contributed by atoms with E-state index >= 15 is 0 Å². The first kappa shape index (κ1) is 25.1. The quantitative estimate of drug-likeness (QED) is 0.153. The Morgan fingerprint density at radius 2 is 0.884 bits per heavy atom.